The Morgan fingerprint density at radius 1 is 0.275 bits per heavy atom. The van der Waals surface area contributed by atoms with Crippen LogP contribution in [0.25, 0.3) is 112 Å². The Bertz CT molecular complexity index is 5420. The Balaban J connectivity index is 0.783. The van der Waals surface area contributed by atoms with Crippen molar-refractivity contribution < 1.29 is 13.9 Å². The van der Waals surface area contributed by atoms with Crippen molar-refractivity contribution in [2.75, 3.05) is 0 Å². The Morgan fingerprint density at radius 3 is 1.32 bits per heavy atom. The molecule has 6 heterocycles. The molecule has 0 saturated carbocycles. The van der Waals surface area contributed by atoms with Crippen molar-refractivity contribution in [1.29, 1.82) is 0 Å². The molecule has 2 spiro atoms. The van der Waals surface area contributed by atoms with Crippen molar-refractivity contribution in [3.8, 4) is 125 Å². The summed E-state index contributed by atoms with van der Waals surface area (Å²) in [6.45, 7) is 0. The summed E-state index contributed by atoms with van der Waals surface area (Å²) in [5, 5.41) is 9.66. The van der Waals surface area contributed by atoms with E-state index in [0.717, 1.165) is 112 Å². The second-order valence-electron chi connectivity index (χ2n) is 23.6. The minimum absolute atomic E-state index is 0.396. The van der Waals surface area contributed by atoms with Gasteiger partial charge in [0.1, 0.15) is 23.0 Å². The number of fused-ring (bicyclic) bond motifs is 19. The van der Waals surface area contributed by atoms with E-state index in [0.29, 0.717) is 23.3 Å². The average Bonchev–Trinajstić information content (AvgIpc) is 1.60. The van der Waals surface area contributed by atoms with Gasteiger partial charge in [-0.3, -0.25) is 4.98 Å². The largest absolute Gasteiger partial charge is 0.457 e. The van der Waals surface area contributed by atoms with Gasteiger partial charge in [-0.1, -0.05) is 218 Å². The summed E-state index contributed by atoms with van der Waals surface area (Å²) in [4.78, 5) is 21.5. The summed E-state index contributed by atoms with van der Waals surface area (Å²) in [6, 6.07) is 99.9. The number of rotatable bonds is 7. The molecule has 0 amide bonds. The summed E-state index contributed by atoms with van der Waals surface area (Å²) in [7, 11) is 0. The maximum absolute atomic E-state index is 7.32. The fourth-order valence-electron chi connectivity index (χ4n) is 15.0. The molecule has 0 atom stereocenters. The molecular weight excluding hydrogens is 1120 g/mol. The molecule has 91 heavy (non-hydrogen) atoms. The molecule has 0 N–H and O–H groups in total. The second-order valence-corrected chi connectivity index (χ2v) is 23.6. The standard InChI is InChI=1S/C82H48N6O3/c1-3-19-49(20-4-1)76-59-27-11-17-33-71(59)85-78(86-76)60-39-44-70(84-77(60)53-37-42-68-75(47-53)89-72-34-18-16-32-65(72)81(68)61-28-12-7-23-55(61)56-24-8-13-29-62(56)81)52-36-41-67-74(46-52)90-73-45-51(69-43-38-54(48-83-69)80-88-87-79(91-80)50-21-5-2-6-22-50)35-40-66(73)82(67)63-30-14-9-25-57(63)58-26-10-15-31-64(58)82/h1-48H. The van der Waals surface area contributed by atoms with Crippen LogP contribution in [0.5, 0.6) is 23.0 Å². The number of ether oxygens (including phenoxy) is 2. The van der Waals surface area contributed by atoms with Crippen molar-refractivity contribution in [2.24, 2.45) is 0 Å². The minimum Gasteiger partial charge on any atom is -0.457 e. The van der Waals surface area contributed by atoms with Crippen LogP contribution in [0, 0.1) is 0 Å². The van der Waals surface area contributed by atoms with Gasteiger partial charge in [-0.15, -0.1) is 10.2 Å². The van der Waals surface area contributed by atoms with E-state index in [1.54, 1.807) is 6.20 Å². The van der Waals surface area contributed by atoms with Gasteiger partial charge in [-0.2, -0.15) is 0 Å². The molecule has 9 nitrogen and oxygen atoms in total. The zero-order chi connectivity index (χ0) is 59.8. The van der Waals surface area contributed by atoms with Crippen molar-refractivity contribution in [2.45, 2.75) is 10.8 Å². The van der Waals surface area contributed by atoms with Crippen molar-refractivity contribution in [3.05, 3.63) is 336 Å². The normalized spacial score (nSPS) is 13.6. The third-order valence-electron chi connectivity index (χ3n) is 18.9. The molecule has 424 valence electrons. The van der Waals surface area contributed by atoms with Gasteiger partial charge in [-0.05, 0) is 111 Å². The summed E-state index contributed by atoms with van der Waals surface area (Å²) >= 11 is 0. The zero-order valence-electron chi connectivity index (χ0n) is 48.6. The van der Waals surface area contributed by atoms with E-state index in [9.17, 15) is 0 Å². The lowest BCUT2D eigenvalue weighted by Gasteiger charge is -2.39. The highest BCUT2D eigenvalue weighted by atomic mass is 16.5. The molecular formula is C82H48N6O3. The number of para-hydroxylation sites is 2. The van der Waals surface area contributed by atoms with Crippen LogP contribution in [0.15, 0.2) is 296 Å². The third kappa shape index (κ3) is 7.46. The summed E-state index contributed by atoms with van der Waals surface area (Å²) in [5.74, 6) is 4.43. The van der Waals surface area contributed by atoms with E-state index >= 15 is 0 Å². The topological polar surface area (TPSA) is 109 Å². The van der Waals surface area contributed by atoms with Gasteiger partial charge in [0.2, 0.25) is 11.8 Å². The summed E-state index contributed by atoms with van der Waals surface area (Å²) < 4.78 is 20.6. The lowest BCUT2D eigenvalue weighted by molar-refractivity contribution is 0.436. The molecule has 0 saturated heterocycles. The number of hydrogen-bond acceptors (Lipinski definition) is 9. The Morgan fingerprint density at radius 2 is 0.725 bits per heavy atom. The summed E-state index contributed by atoms with van der Waals surface area (Å²) in [6.07, 6.45) is 1.78. The first-order chi connectivity index (χ1) is 45.1. The fourth-order valence-corrected chi connectivity index (χ4v) is 15.0. The number of aromatic nitrogens is 6. The molecule has 4 aliphatic rings. The molecule has 0 unspecified atom stereocenters. The van der Waals surface area contributed by atoms with Crippen LogP contribution in [0.3, 0.4) is 0 Å². The maximum atomic E-state index is 7.32. The lowest BCUT2D eigenvalue weighted by Crippen LogP contribution is -2.32. The minimum atomic E-state index is -0.718. The van der Waals surface area contributed by atoms with E-state index in [-0.39, 0.29) is 0 Å². The smallest absolute Gasteiger partial charge is 0.249 e. The van der Waals surface area contributed by atoms with Gasteiger partial charge >= 0.3 is 0 Å². The van der Waals surface area contributed by atoms with E-state index in [4.69, 9.17) is 33.8 Å². The highest BCUT2D eigenvalue weighted by molar-refractivity contribution is 5.96. The Hall–Kier alpha value is -12.2. The zero-order valence-corrected chi connectivity index (χ0v) is 48.6. The predicted octanol–water partition coefficient (Wildman–Crippen LogP) is 19.4. The predicted molar refractivity (Wildman–Crippen MR) is 356 cm³/mol. The molecule has 2 aliphatic carbocycles. The van der Waals surface area contributed by atoms with Crippen molar-refractivity contribution >= 4 is 10.9 Å². The highest BCUT2D eigenvalue weighted by Gasteiger charge is 2.53. The first-order valence-corrected chi connectivity index (χ1v) is 30.6. The van der Waals surface area contributed by atoms with Gasteiger partial charge in [0, 0.05) is 67.2 Å². The van der Waals surface area contributed by atoms with Crippen LogP contribution >= 0.6 is 0 Å². The molecule has 0 bridgehead atoms. The number of pyridine rings is 2. The molecule has 4 aromatic heterocycles. The van der Waals surface area contributed by atoms with Crippen LogP contribution in [0.4, 0.5) is 0 Å². The third-order valence-corrected chi connectivity index (χ3v) is 18.9. The van der Waals surface area contributed by atoms with Crippen LogP contribution in [-0.4, -0.2) is 30.1 Å². The van der Waals surface area contributed by atoms with Gasteiger partial charge in [0.05, 0.1) is 44.7 Å². The SMILES string of the molecule is c1ccc(-c2nnc(-c3ccc(-c4ccc5c(c4)Oc4cc(-c6ccc(-c7nc(-c8ccccc8)c8ccccc8n7)c(-c7ccc8c(c7)Oc7ccccc7C87c8ccccc8-c8ccccc87)n6)ccc4C54c5ccccc5-c5ccccc54)nc3)o2)cc1. The summed E-state index contributed by atoms with van der Waals surface area (Å²) in [5.41, 5.74) is 22.4. The quantitative estimate of drug-likeness (QED) is 0.154. The molecule has 0 radical (unpaired) electrons. The van der Waals surface area contributed by atoms with Crippen LogP contribution in [0.1, 0.15) is 44.5 Å². The van der Waals surface area contributed by atoms with E-state index in [1.165, 1.54) is 44.5 Å². The van der Waals surface area contributed by atoms with Gasteiger partial charge < -0.3 is 13.9 Å². The Kier molecular flexibility index (Phi) is 11.0. The van der Waals surface area contributed by atoms with Crippen LogP contribution < -0.4 is 9.47 Å². The molecule has 11 aromatic carbocycles. The van der Waals surface area contributed by atoms with Gasteiger partial charge in [-0.25, -0.2) is 15.0 Å². The van der Waals surface area contributed by atoms with E-state index in [2.05, 4.69) is 235 Å². The first-order valence-electron chi connectivity index (χ1n) is 30.6. The highest BCUT2D eigenvalue weighted by Crippen LogP contribution is 2.64. The Labute approximate surface area is 523 Å². The van der Waals surface area contributed by atoms with E-state index in [1.807, 2.05) is 60.7 Å². The first kappa shape index (κ1) is 50.9. The second kappa shape index (κ2) is 19.7. The van der Waals surface area contributed by atoms with Crippen LogP contribution in [-0.2, 0) is 10.8 Å². The molecule has 0 fully saturated rings. The van der Waals surface area contributed by atoms with E-state index < -0.39 is 10.8 Å². The van der Waals surface area contributed by atoms with Gasteiger partial charge in [0.15, 0.2) is 5.82 Å². The van der Waals surface area contributed by atoms with Gasteiger partial charge in [0.25, 0.3) is 0 Å². The number of benzene rings is 11. The molecule has 9 heteroatoms. The molecule has 15 aromatic rings. The fraction of sp³-hybridized carbons (Fsp3) is 0.0244. The van der Waals surface area contributed by atoms with Crippen LogP contribution in [0.2, 0.25) is 0 Å². The molecule has 19 rings (SSSR count). The average molecular weight is 1170 g/mol. The lowest BCUT2D eigenvalue weighted by atomic mass is 9.66. The molecule has 2 aliphatic heterocycles. The van der Waals surface area contributed by atoms with Crippen molar-refractivity contribution in [3.63, 3.8) is 0 Å². The monoisotopic (exact) mass is 1160 g/mol. The maximum Gasteiger partial charge on any atom is 0.249 e. The number of nitrogens with zero attached hydrogens (tertiary/aromatic N) is 6. The number of hydrogen-bond donors (Lipinski definition) is 0. The van der Waals surface area contributed by atoms with Crippen molar-refractivity contribution in [1.82, 2.24) is 30.1 Å².